The van der Waals surface area contributed by atoms with E-state index in [9.17, 15) is 9.59 Å². The molecule has 0 atom stereocenters. The van der Waals surface area contributed by atoms with Gasteiger partial charge in [0.05, 0.1) is 4.91 Å². The second kappa shape index (κ2) is 7.13. The van der Waals surface area contributed by atoms with Gasteiger partial charge in [0.2, 0.25) is 0 Å². The highest BCUT2D eigenvalue weighted by Gasteiger charge is 2.33. The molecule has 1 saturated heterocycles. The molecule has 0 radical (unpaired) electrons. The molecule has 2 amide bonds. The molecule has 0 aromatic heterocycles. The third kappa shape index (κ3) is 3.68. The van der Waals surface area contributed by atoms with Crippen LogP contribution in [0.25, 0.3) is 6.08 Å². The quantitative estimate of drug-likeness (QED) is 0.616. The molecule has 2 rings (SSSR count). The van der Waals surface area contributed by atoms with E-state index in [0.29, 0.717) is 4.91 Å². The van der Waals surface area contributed by atoms with Crippen molar-refractivity contribution < 1.29 is 9.59 Å². The first-order chi connectivity index (χ1) is 10.5. The van der Waals surface area contributed by atoms with Gasteiger partial charge in [0.25, 0.3) is 11.1 Å². The minimum atomic E-state index is -0.262. The van der Waals surface area contributed by atoms with Crippen LogP contribution in [0, 0.1) is 0 Å². The first kappa shape index (κ1) is 16.1. The maximum Gasteiger partial charge on any atom is 0.293 e. The van der Waals surface area contributed by atoms with Crippen molar-refractivity contribution >= 4 is 34.7 Å². The molecule has 0 spiro atoms. The average Bonchev–Trinajstić information content (AvgIpc) is 2.76. The molecule has 1 heterocycles. The molecule has 5 heteroatoms. The van der Waals surface area contributed by atoms with Crippen LogP contribution in [0.4, 0.5) is 10.5 Å². The second-order valence-corrected chi connectivity index (χ2v) is 5.94. The summed E-state index contributed by atoms with van der Waals surface area (Å²) < 4.78 is 0. The summed E-state index contributed by atoms with van der Waals surface area (Å²) in [5.41, 5.74) is 2.16. The number of nitrogens with zero attached hydrogens (tertiary/aromatic N) is 2. The summed E-state index contributed by atoms with van der Waals surface area (Å²) >= 11 is 0.956. The zero-order valence-electron chi connectivity index (χ0n) is 12.7. The van der Waals surface area contributed by atoms with Crippen molar-refractivity contribution in [1.82, 2.24) is 4.90 Å². The summed E-state index contributed by atoms with van der Waals surface area (Å²) in [6.07, 6.45) is 6.91. The summed E-state index contributed by atoms with van der Waals surface area (Å²) in [7, 11) is 3.98. The molecule has 0 saturated carbocycles. The number of hydrogen-bond acceptors (Lipinski definition) is 4. The van der Waals surface area contributed by atoms with Crippen LogP contribution in [0.2, 0.25) is 0 Å². The van der Waals surface area contributed by atoms with E-state index >= 15 is 0 Å². The van der Waals surface area contributed by atoms with E-state index in [1.807, 2.05) is 49.3 Å². The Morgan fingerprint density at radius 1 is 1.23 bits per heavy atom. The van der Waals surface area contributed by atoms with Crippen LogP contribution in [-0.2, 0) is 4.79 Å². The number of amides is 2. The van der Waals surface area contributed by atoms with E-state index in [0.717, 1.165) is 23.0 Å². The fourth-order valence-electron chi connectivity index (χ4n) is 1.93. The summed E-state index contributed by atoms with van der Waals surface area (Å²) in [5.74, 6) is -0.262. The van der Waals surface area contributed by atoms with Gasteiger partial charge in [-0.3, -0.25) is 14.5 Å². The Morgan fingerprint density at radius 2 is 1.91 bits per heavy atom. The van der Waals surface area contributed by atoms with Gasteiger partial charge in [0, 0.05) is 26.3 Å². The Labute approximate surface area is 134 Å². The van der Waals surface area contributed by atoms with Crippen molar-refractivity contribution in [3.8, 4) is 0 Å². The molecule has 1 aromatic rings. The highest BCUT2D eigenvalue weighted by molar-refractivity contribution is 8.18. The van der Waals surface area contributed by atoms with Crippen molar-refractivity contribution in [3.05, 3.63) is 59.5 Å². The predicted octanol–water partition coefficient (Wildman–Crippen LogP) is 3.53. The number of carbonyl (C=O) groups is 2. The minimum absolute atomic E-state index is 0.248. The smallest absolute Gasteiger partial charge is 0.293 e. The van der Waals surface area contributed by atoms with Crippen molar-refractivity contribution in [1.29, 1.82) is 0 Å². The lowest BCUT2D eigenvalue weighted by Gasteiger charge is -2.11. The topological polar surface area (TPSA) is 40.6 Å². The summed E-state index contributed by atoms with van der Waals surface area (Å²) in [5, 5.41) is -0.250. The molecular weight excluding hydrogens is 296 g/mol. The number of rotatable bonds is 5. The van der Waals surface area contributed by atoms with E-state index in [2.05, 4.69) is 6.58 Å². The molecule has 4 nitrogen and oxygen atoms in total. The van der Waals surface area contributed by atoms with Crippen LogP contribution >= 0.6 is 11.8 Å². The Hall–Kier alpha value is -2.27. The van der Waals surface area contributed by atoms with Gasteiger partial charge in [-0.2, -0.15) is 0 Å². The molecule has 1 aliphatic heterocycles. The van der Waals surface area contributed by atoms with Crippen molar-refractivity contribution in [3.63, 3.8) is 0 Å². The number of anilines is 1. The van der Waals surface area contributed by atoms with Crippen LogP contribution in [-0.4, -0.2) is 36.7 Å². The lowest BCUT2D eigenvalue weighted by Crippen LogP contribution is -2.27. The van der Waals surface area contributed by atoms with Gasteiger partial charge in [-0.1, -0.05) is 30.4 Å². The zero-order chi connectivity index (χ0) is 16.1. The molecule has 22 heavy (non-hydrogen) atoms. The number of hydrogen-bond donors (Lipinski definition) is 0. The maximum absolute atomic E-state index is 12.0. The van der Waals surface area contributed by atoms with Gasteiger partial charge in [-0.05, 0) is 35.5 Å². The van der Waals surface area contributed by atoms with Crippen LogP contribution in [0.5, 0.6) is 0 Å². The van der Waals surface area contributed by atoms with E-state index in [4.69, 9.17) is 0 Å². The number of allylic oxidation sites excluding steroid dienone is 2. The van der Waals surface area contributed by atoms with Gasteiger partial charge >= 0.3 is 0 Å². The Bertz CT molecular complexity index is 645. The lowest BCUT2D eigenvalue weighted by molar-refractivity contribution is -0.122. The molecule has 1 aromatic carbocycles. The lowest BCUT2D eigenvalue weighted by atomic mass is 10.2. The minimum Gasteiger partial charge on any atom is -0.378 e. The van der Waals surface area contributed by atoms with Gasteiger partial charge in [-0.25, -0.2) is 0 Å². The fraction of sp³-hybridized carbons (Fsp3) is 0.176. The predicted molar refractivity (Wildman–Crippen MR) is 92.8 cm³/mol. The third-order valence-corrected chi connectivity index (χ3v) is 4.06. The molecule has 1 aliphatic rings. The van der Waals surface area contributed by atoms with E-state index in [-0.39, 0.29) is 17.7 Å². The number of carbonyl (C=O) groups excluding carboxylic acids is 2. The molecule has 0 aliphatic carbocycles. The highest BCUT2D eigenvalue weighted by atomic mass is 32.2. The average molecular weight is 314 g/mol. The monoisotopic (exact) mass is 314 g/mol. The number of imide groups is 1. The fourth-order valence-corrected chi connectivity index (χ4v) is 2.73. The number of thioether (sulfide) groups is 1. The first-order valence-corrected chi connectivity index (χ1v) is 7.65. The first-order valence-electron chi connectivity index (χ1n) is 6.83. The van der Waals surface area contributed by atoms with Gasteiger partial charge < -0.3 is 4.90 Å². The molecule has 0 unspecified atom stereocenters. The number of benzene rings is 1. The Morgan fingerprint density at radius 3 is 2.50 bits per heavy atom. The highest BCUT2D eigenvalue weighted by Crippen LogP contribution is 2.30. The van der Waals surface area contributed by atoms with Crippen LogP contribution in [0.3, 0.4) is 0 Å². The normalized spacial score (nSPS) is 16.8. The molecule has 0 bridgehead atoms. The standard InChI is InChI=1S/C17H18N2O2S/c1-4-12-19-16(20)15(22-17(19)21)7-5-6-13-8-10-14(11-9-13)18(2)3/h4-11H,1,12H2,2-3H3/b6-5-,15-7+. The van der Waals surface area contributed by atoms with Crippen LogP contribution in [0.15, 0.2) is 54.0 Å². The summed E-state index contributed by atoms with van der Waals surface area (Å²) in [6, 6.07) is 8.06. The Kier molecular flexibility index (Phi) is 5.22. The molecule has 114 valence electrons. The summed E-state index contributed by atoms with van der Waals surface area (Å²) in [6.45, 7) is 3.79. The van der Waals surface area contributed by atoms with E-state index in [1.165, 1.54) is 4.90 Å². The van der Waals surface area contributed by atoms with Crippen molar-refractivity contribution in [2.24, 2.45) is 0 Å². The SMILES string of the molecule is C=CCN1C(=O)S/C(=C/C=C\c2ccc(N(C)C)cc2)C1=O. The largest absolute Gasteiger partial charge is 0.378 e. The van der Waals surface area contributed by atoms with Gasteiger partial charge in [0.1, 0.15) is 0 Å². The van der Waals surface area contributed by atoms with Crippen molar-refractivity contribution in [2.75, 3.05) is 25.5 Å². The van der Waals surface area contributed by atoms with Gasteiger partial charge in [-0.15, -0.1) is 6.58 Å². The van der Waals surface area contributed by atoms with Gasteiger partial charge in [0.15, 0.2) is 0 Å². The third-order valence-electron chi connectivity index (χ3n) is 3.13. The van der Waals surface area contributed by atoms with E-state index in [1.54, 1.807) is 18.2 Å². The van der Waals surface area contributed by atoms with E-state index < -0.39 is 0 Å². The second-order valence-electron chi connectivity index (χ2n) is 4.95. The summed E-state index contributed by atoms with van der Waals surface area (Å²) in [4.78, 5) is 27.3. The van der Waals surface area contributed by atoms with Crippen LogP contribution < -0.4 is 4.90 Å². The van der Waals surface area contributed by atoms with Crippen LogP contribution in [0.1, 0.15) is 5.56 Å². The van der Waals surface area contributed by atoms with Crippen molar-refractivity contribution in [2.45, 2.75) is 0 Å². The maximum atomic E-state index is 12.0. The zero-order valence-corrected chi connectivity index (χ0v) is 13.5. The molecule has 0 N–H and O–H groups in total. The Balaban J connectivity index is 2.06. The molecular formula is C17H18N2O2S. The molecule has 1 fully saturated rings.